The molecule has 2 aromatic rings. The number of hydrogen-bond donors (Lipinski definition) is 1. The van der Waals surface area contributed by atoms with Gasteiger partial charge in [0, 0.05) is 11.6 Å². The molecular formula is C17H11ClF3N3O4. The van der Waals surface area contributed by atoms with Crippen LogP contribution in [-0.4, -0.2) is 17.4 Å². The van der Waals surface area contributed by atoms with Gasteiger partial charge in [0.1, 0.15) is 18.0 Å². The first-order chi connectivity index (χ1) is 13.1. The second kappa shape index (κ2) is 8.58. The monoisotopic (exact) mass is 413 g/mol. The highest BCUT2D eigenvalue weighted by Gasteiger charge is 2.31. The third-order valence-corrected chi connectivity index (χ3v) is 3.75. The lowest BCUT2D eigenvalue weighted by atomic mass is 10.1. The second-order valence-electron chi connectivity index (χ2n) is 5.40. The van der Waals surface area contributed by atoms with Crippen LogP contribution in [0.1, 0.15) is 11.1 Å². The van der Waals surface area contributed by atoms with Gasteiger partial charge >= 0.3 is 6.18 Å². The van der Waals surface area contributed by atoms with E-state index >= 15 is 0 Å². The smallest absolute Gasteiger partial charge is 0.416 e. The summed E-state index contributed by atoms with van der Waals surface area (Å²) in [4.78, 5) is 22.2. The van der Waals surface area contributed by atoms with Gasteiger partial charge in [-0.2, -0.15) is 18.4 Å². The number of carbonyl (C=O) groups excluding carboxylic acids is 1. The number of hydrogen-bond acceptors (Lipinski definition) is 5. The topological polar surface area (TPSA) is 105 Å². The van der Waals surface area contributed by atoms with Gasteiger partial charge < -0.3 is 10.1 Å². The van der Waals surface area contributed by atoms with E-state index in [0.717, 1.165) is 18.2 Å². The summed E-state index contributed by atoms with van der Waals surface area (Å²) in [7, 11) is 0. The lowest BCUT2D eigenvalue weighted by Crippen LogP contribution is -2.25. The molecule has 0 unspecified atom stereocenters. The molecule has 0 heterocycles. The number of halogens is 4. The highest BCUT2D eigenvalue weighted by atomic mass is 35.5. The van der Waals surface area contributed by atoms with Crippen molar-refractivity contribution in [1.82, 2.24) is 5.32 Å². The number of carbonyl (C=O) groups is 1. The number of nitro groups is 1. The molecule has 0 aliphatic rings. The van der Waals surface area contributed by atoms with Gasteiger partial charge in [0.15, 0.2) is 0 Å². The molecule has 0 aliphatic heterocycles. The van der Waals surface area contributed by atoms with E-state index < -0.39 is 29.0 Å². The van der Waals surface area contributed by atoms with Crippen LogP contribution in [0.2, 0.25) is 5.02 Å². The standard InChI is InChI=1S/C17H11ClF3N3O4/c18-13-9-11(17(19,20)21)1-4-15(13)28-12-2-3-14(24(26)27)10(7-12)8-16(25)23-6-5-22/h1-4,7,9H,6,8H2,(H,23,25). The van der Waals surface area contributed by atoms with E-state index in [4.69, 9.17) is 21.6 Å². The Morgan fingerprint density at radius 1 is 1.29 bits per heavy atom. The van der Waals surface area contributed by atoms with Gasteiger partial charge in [-0.3, -0.25) is 14.9 Å². The number of nitrogens with one attached hydrogen (secondary N) is 1. The van der Waals surface area contributed by atoms with Crippen LogP contribution < -0.4 is 10.1 Å². The maximum Gasteiger partial charge on any atom is 0.416 e. The minimum atomic E-state index is -4.57. The van der Waals surface area contributed by atoms with Crippen LogP contribution in [0.25, 0.3) is 0 Å². The Labute approximate surface area is 161 Å². The molecule has 1 amide bonds. The van der Waals surface area contributed by atoms with Crippen molar-refractivity contribution < 1.29 is 27.6 Å². The summed E-state index contributed by atoms with van der Waals surface area (Å²) in [5, 5.41) is 21.5. The van der Waals surface area contributed by atoms with Gasteiger partial charge in [-0.25, -0.2) is 0 Å². The molecular weight excluding hydrogens is 403 g/mol. The maximum absolute atomic E-state index is 12.7. The van der Waals surface area contributed by atoms with Crippen molar-refractivity contribution in [3.05, 3.63) is 62.7 Å². The molecule has 0 bridgehead atoms. The highest BCUT2D eigenvalue weighted by molar-refractivity contribution is 6.32. The Hall–Kier alpha value is -3.32. The van der Waals surface area contributed by atoms with Gasteiger partial charge in [0.2, 0.25) is 5.91 Å². The van der Waals surface area contributed by atoms with Gasteiger partial charge in [0.25, 0.3) is 5.69 Å². The van der Waals surface area contributed by atoms with Crippen molar-refractivity contribution in [2.45, 2.75) is 12.6 Å². The first kappa shape index (κ1) is 21.0. The van der Waals surface area contributed by atoms with Gasteiger partial charge in [-0.1, -0.05) is 11.6 Å². The predicted octanol–water partition coefficient (Wildman–Crippen LogP) is 4.24. The number of amides is 1. The molecule has 146 valence electrons. The van der Waals surface area contributed by atoms with Crippen LogP contribution in [0, 0.1) is 21.4 Å². The highest BCUT2D eigenvalue weighted by Crippen LogP contribution is 2.37. The van der Waals surface area contributed by atoms with Crippen LogP contribution >= 0.6 is 11.6 Å². The van der Waals surface area contributed by atoms with Crippen LogP contribution in [0.3, 0.4) is 0 Å². The fourth-order valence-electron chi connectivity index (χ4n) is 2.21. The third kappa shape index (κ3) is 5.34. The van der Waals surface area contributed by atoms with Crippen LogP contribution in [0.15, 0.2) is 36.4 Å². The number of nitro benzene ring substituents is 1. The van der Waals surface area contributed by atoms with E-state index in [0.29, 0.717) is 6.07 Å². The minimum absolute atomic E-state index is 0.000902. The van der Waals surface area contributed by atoms with Crippen LogP contribution in [0.4, 0.5) is 18.9 Å². The molecule has 7 nitrogen and oxygen atoms in total. The normalized spacial score (nSPS) is 10.8. The summed E-state index contributed by atoms with van der Waals surface area (Å²) < 4.78 is 43.5. The average molecular weight is 414 g/mol. The van der Waals surface area contributed by atoms with Gasteiger partial charge in [-0.05, 0) is 30.3 Å². The van der Waals surface area contributed by atoms with E-state index in [2.05, 4.69) is 5.32 Å². The van der Waals surface area contributed by atoms with E-state index in [1.54, 1.807) is 6.07 Å². The summed E-state index contributed by atoms with van der Waals surface area (Å²) in [6.07, 6.45) is -4.96. The summed E-state index contributed by atoms with van der Waals surface area (Å²) in [6.45, 7) is -0.260. The largest absolute Gasteiger partial charge is 0.456 e. The molecule has 0 atom stereocenters. The molecule has 0 aromatic heterocycles. The van der Waals surface area contributed by atoms with Crippen molar-refractivity contribution in [1.29, 1.82) is 5.26 Å². The molecule has 0 radical (unpaired) electrons. The zero-order valence-electron chi connectivity index (χ0n) is 13.9. The number of rotatable bonds is 6. The molecule has 0 fully saturated rings. The molecule has 0 saturated heterocycles. The van der Waals surface area contributed by atoms with Gasteiger partial charge in [0.05, 0.1) is 28.0 Å². The number of nitrogens with zero attached hydrogens (tertiary/aromatic N) is 2. The van der Waals surface area contributed by atoms with Crippen molar-refractivity contribution in [2.24, 2.45) is 0 Å². The Bertz CT molecular complexity index is 958. The molecule has 1 N–H and O–H groups in total. The number of benzene rings is 2. The third-order valence-electron chi connectivity index (χ3n) is 3.45. The lowest BCUT2D eigenvalue weighted by Gasteiger charge is -2.12. The zero-order valence-corrected chi connectivity index (χ0v) is 14.7. The second-order valence-corrected chi connectivity index (χ2v) is 5.81. The Morgan fingerprint density at radius 3 is 2.57 bits per heavy atom. The first-order valence-electron chi connectivity index (χ1n) is 7.57. The van der Waals surface area contributed by atoms with E-state index in [-0.39, 0.29) is 34.3 Å². The molecule has 0 aliphatic carbocycles. The zero-order chi connectivity index (χ0) is 20.9. The van der Waals surface area contributed by atoms with Crippen molar-refractivity contribution in [3.63, 3.8) is 0 Å². The predicted molar refractivity (Wildman–Crippen MR) is 92.0 cm³/mol. The SMILES string of the molecule is N#CCNC(=O)Cc1cc(Oc2ccc(C(F)(F)F)cc2Cl)ccc1[N+](=O)[O-]. The number of alkyl halides is 3. The van der Waals surface area contributed by atoms with Gasteiger partial charge in [-0.15, -0.1) is 0 Å². The summed E-state index contributed by atoms with van der Waals surface area (Å²) in [5.74, 6) is -0.673. The van der Waals surface area contributed by atoms with Crippen LogP contribution in [-0.2, 0) is 17.4 Å². The minimum Gasteiger partial charge on any atom is -0.456 e. The molecule has 0 saturated carbocycles. The van der Waals surface area contributed by atoms with E-state index in [9.17, 15) is 28.1 Å². The fourth-order valence-corrected chi connectivity index (χ4v) is 2.42. The Balaban J connectivity index is 2.29. The van der Waals surface area contributed by atoms with Crippen molar-refractivity contribution in [3.8, 4) is 17.6 Å². The van der Waals surface area contributed by atoms with Crippen molar-refractivity contribution in [2.75, 3.05) is 6.54 Å². The molecule has 2 rings (SSSR count). The molecule has 0 spiro atoms. The lowest BCUT2D eigenvalue weighted by molar-refractivity contribution is -0.385. The molecule has 11 heteroatoms. The quantitative estimate of drug-likeness (QED) is 0.433. The van der Waals surface area contributed by atoms with Crippen LogP contribution in [0.5, 0.6) is 11.5 Å². The maximum atomic E-state index is 12.7. The summed E-state index contributed by atoms with van der Waals surface area (Å²) >= 11 is 5.82. The fraction of sp³-hybridized carbons (Fsp3) is 0.176. The Kier molecular flexibility index (Phi) is 6.43. The molecule has 28 heavy (non-hydrogen) atoms. The van der Waals surface area contributed by atoms with E-state index in [1.165, 1.54) is 12.1 Å². The average Bonchev–Trinajstić information content (AvgIpc) is 2.60. The van der Waals surface area contributed by atoms with Crippen molar-refractivity contribution >= 4 is 23.2 Å². The summed E-state index contributed by atoms with van der Waals surface area (Å²) in [6, 6.07) is 7.72. The molecule has 2 aromatic carbocycles. The first-order valence-corrected chi connectivity index (χ1v) is 7.95. The Morgan fingerprint density at radius 2 is 2.00 bits per heavy atom. The number of ether oxygens (including phenoxy) is 1. The van der Waals surface area contributed by atoms with E-state index in [1.807, 2.05) is 0 Å². The number of nitriles is 1. The summed E-state index contributed by atoms with van der Waals surface area (Å²) in [5.41, 5.74) is -1.30.